The molecule has 0 radical (unpaired) electrons. The first-order chi connectivity index (χ1) is 8.59. The molecule has 0 atom stereocenters. The number of rotatable bonds is 3. The molecular weight excluding hydrogens is 230 g/mol. The fourth-order valence-electron chi connectivity index (χ4n) is 1.68. The van der Waals surface area contributed by atoms with E-state index in [9.17, 15) is 4.79 Å². The van der Waals surface area contributed by atoms with E-state index in [4.69, 9.17) is 9.26 Å². The van der Waals surface area contributed by atoms with Crippen molar-refractivity contribution in [3.63, 3.8) is 0 Å². The third-order valence-electron chi connectivity index (χ3n) is 2.46. The number of carbonyl (C=O) groups is 1. The Morgan fingerprint density at radius 1 is 1.28 bits per heavy atom. The molecule has 0 aliphatic heterocycles. The van der Waals surface area contributed by atoms with E-state index in [0.717, 1.165) is 5.56 Å². The molecule has 4 nitrogen and oxygen atoms in total. The van der Waals surface area contributed by atoms with Gasteiger partial charge in [-0.3, -0.25) is 0 Å². The van der Waals surface area contributed by atoms with Crippen LogP contribution < -0.4 is 0 Å². The summed E-state index contributed by atoms with van der Waals surface area (Å²) in [7, 11) is 0. The summed E-state index contributed by atoms with van der Waals surface area (Å²) in [5.74, 6) is 0.0714. The van der Waals surface area contributed by atoms with Gasteiger partial charge in [-0.15, -0.1) is 0 Å². The number of hydrogen-bond acceptors (Lipinski definition) is 4. The van der Waals surface area contributed by atoms with Crippen molar-refractivity contribution in [2.24, 2.45) is 0 Å². The fraction of sp³-hybridized carbons (Fsp3) is 0.286. The maximum absolute atomic E-state index is 12.0. The third-order valence-corrected chi connectivity index (χ3v) is 2.46. The summed E-state index contributed by atoms with van der Waals surface area (Å²) in [6.45, 7) is 5.32. The molecule has 0 aliphatic carbocycles. The monoisotopic (exact) mass is 245 g/mol. The van der Waals surface area contributed by atoms with Crippen molar-refractivity contribution in [1.82, 2.24) is 5.16 Å². The van der Waals surface area contributed by atoms with E-state index >= 15 is 0 Å². The van der Waals surface area contributed by atoms with Gasteiger partial charge >= 0.3 is 5.97 Å². The van der Waals surface area contributed by atoms with Gasteiger partial charge in [0.1, 0.15) is 17.0 Å². The highest BCUT2D eigenvalue weighted by molar-refractivity contribution is 5.97. The van der Waals surface area contributed by atoms with Gasteiger partial charge in [-0.05, 0) is 20.8 Å². The maximum atomic E-state index is 12.0. The van der Waals surface area contributed by atoms with Crippen LogP contribution >= 0.6 is 0 Å². The summed E-state index contributed by atoms with van der Waals surface area (Å²) < 4.78 is 10.3. The van der Waals surface area contributed by atoms with Crippen LogP contribution in [0.5, 0.6) is 0 Å². The Morgan fingerprint density at radius 2 is 1.94 bits per heavy atom. The summed E-state index contributed by atoms with van der Waals surface area (Å²) >= 11 is 0. The first-order valence-corrected chi connectivity index (χ1v) is 5.82. The molecule has 0 fully saturated rings. The van der Waals surface area contributed by atoms with Gasteiger partial charge in [0.25, 0.3) is 0 Å². The number of nitrogens with zero attached hydrogens (tertiary/aromatic N) is 1. The standard InChI is InChI=1S/C14H15NO3/c1-9(2)17-14(16)12-10(3)18-15-13(12)11-7-5-4-6-8-11/h4-9H,1-3H3. The van der Waals surface area contributed by atoms with Crippen LogP contribution in [0.4, 0.5) is 0 Å². The van der Waals surface area contributed by atoms with E-state index in [2.05, 4.69) is 5.16 Å². The second-order valence-electron chi connectivity index (χ2n) is 4.28. The van der Waals surface area contributed by atoms with Crippen molar-refractivity contribution in [1.29, 1.82) is 0 Å². The quantitative estimate of drug-likeness (QED) is 0.779. The molecule has 1 aromatic carbocycles. The summed E-state index contributed by atoms with van der Waals surface area (Å²) in [4.78, 5) is 12.0. The number of aromatic nitrogens is 1. The summed E-state index contributed by atoms with van der Waals surface area (Å²) in [6.07, 6.45) is -0.171. The second kappa shape index (κ2) is 5.04. The van der Waals surface area contributed by atoms with Gasteiger partial charge in [0, 0.05) is 5.56 Å². The Balaban J connectivity index is 2.42. The molecule has 0 bridgehead atoms. The first kappa shape index (κ1) is 12.4. The minimum atomic E-state index is -0.400. The van der Waals surface area contributed by atoms with Gasteiger partial charge in [-0.25, -0.2) is 4.79 Å². The lowest BCUT2D eigenvalue weighted by Gasteiger charge is -2.07. The number of aryl methyl sites for hydroxylation is 1. The molecular formula is C14H15NO3. The number of hydrogen-bond donors (Lipinski definition) is 0. The predicted molar refractivity (Wildman–Crippen MR) is 67.2 cm³/mol. The number of benzene rings is 1. The van der Waals surface area contributed by atoms with Crippen LogP contribution in [0.1, 0.15) is 30.0 Å². The molecule has 0 N–H and O–H groups in total. The van der Waals surface area contributed by atoms with Gasteiger partial charge < -0.3 is 9.26 Å². The molecule has 0 saturated heterocycles. The molecule has 0 aliphatic rings. The molecule has 1 heterocycles. The molecule has 0 saturated carbocycles. The molecule has 1 aromatic heterocycles. The van der Waals surface area contributed by atoms with Crippen LogP contribution in [0.25, 0.3) is 11.3 Å². The molecule has 2 rings (SSSR count). The van der Waals surface area contributed by atoms with Crippen LogP contribution in [0.2, 0.25) is 0 Å². The van der Waals surface area contributed by atoms with Crippen molar-refractivity contribution < 1.29 is 14.1 Å². The van der Waals surface area contributed by atoms with E-state index in [1.807, 2.05) is 44.2 Å². The van der Waals surface area contributed by atoms with Crippen LogP contribution in [-0.4, -0.2) is 17.2 Å². The average Bonchev–Trinajstić information content (AvgIpc) is 2.71. The largest absolute Gasteiger partial charge is 0.459 e. The molecule has 0 amide bonds. The minimum absolute atomic E-state index is 0.171. The lowest BCUT2D eigenvalue weighted by Crippen LogP contribution is -2.12. The summed E-state index contributed by atoms with van der Waals surface area (Å²) in [6, 6.07) is 9.43. The van der Waals surface area contributed by atoms with Crippen molar-refractivity contribution in [3.05, 3.63) is 41.7 Å². The topological polar surface area (TPSA) is 52.3 Å². The molecule has 18 heavy (non-hydrogen) atoms. The van der Waals surface area contributed by atoms with Gasteiger partial charge in [0.05, 0.1) is 6.10 Å². The highest BCUT2D eigenvalue weighted by Crippen LogP contribution is 2.25. The molecule has 94 valence electrons. The lowest BCUT2D eigenvalue weighted by molar-refractivity contribution is 0.0377. The number of esters is 1. The van der Waals surface area contributed by atoms with Crippen LogP contribution in [0.3, 0.4) is 0 Å². The van der Waals surface area contributed by atoms with Crippen molar-refractivity contribution >= 4 is 5.97 Å². The SMILES string of the molecule is Cc1onc(-c2ccccc2)c1C(=O)OC(C)C. The van der Waals surface area contributed by atoms with Gasteiger partial charge in [0.2, 0.25) is 0 Å². The summed E-state index contributed by atoms with van der Waals surface area (Å²) in [5, 5.41) is 3.94. The van der Waals surface area contributed by atoms with Gasteiger partial charge in [-0.1, -0.05) is 35.5 Å². The van der Waals surface area contributed by atoms with E-state index in [-0.39, 0.29) is 6.10 Å². The zero-order valence-corrected chi connectivity index (χ0v) is 10.6. The predicted octanol–water partition coefficient (Wildman–Crippen LogP) is 3.22. The first-order valence-electron chi connectivity index (χ1n) is 5.82. The van der Waals surface area contributed by atoms with Crippen LogP contribution in [-0.2, 0) is 4.74 Å². The maximum Gasteiger partial charge on any atom is 0.344 e. The normalized spacial score (nSPS) is 10.7. The Hall–Kier alpha value is -2.10. The average molecular weight is 245 g/mol. The van der Waals surface area contributed by atoms with Crippen LogP contribution in [0.15, 0.2) is 34.9 Å². The van der Waals surface area contributed by atoms with E-state index < -0.39 is 5.97 Å². The Labute approximate surface area is 106 Å². The Morgan fingerprint density at radius 3 is 2.56 bits per heavy atom. The number of carbonyl (C=O) groups excluding carboxylic acids is 1. The minimum Gasteiger partial charge on any atom is -0.459 e. The summed E-state index contributed by atoms with van der Waals surface area (Å²) in [5.41, 5.74) is 1.76. The molecule has 0 spiro atoms. The van der Waals surface area contributed by atoms with Crippen molar-refractivity contribution in [2.75, 3.05) is 0 Å². The fourth-order valence-corrected chi connectivity index (χ4v) is 1.68. The molecule has 2 aromatic rings. The smallest absolute Gasteiger partial charge is 0.344 e. The van der Waals surface area contributed by atoms with E-state index in [0.29, 0.717) is 17.0 Å². The van der Waals surface area contributed by atoms with Crippen LogP contribution in [0, 0.1) is 6.92 Å². The molecule has 4 heteroatoms. The van der Waals surface area contributed by atoms with E-state index in [1.54, 1.807) is 6.92 Å². The zero-order valence-electron chi connectivity index (χ0n) is 10.6. The van der Waals surface area contributed by atoms with Crippen molar-refractivity contribution in [3.8, 4) is 11.3 Å². The highest BCUT2D eigenvalue weighted by Gasteiger charge is 2.23. The third kappa shape index (κ3) is 2.42. The Kier molecular flexibility index (Phi) is 3.46. The lowest BCUT2D eigenvalue weighted by atomic mass is 10.1. The number of ether oxygens (including phenoxy) is 1. The van der Waals surface area contributed by atoms with Gasteiger partial charge in [-0.2, -0.15) is 0 Å². The molecule has 0 unspecified atom stereocenters. The van der Waals surface area contributed by atoms with Crippen molar-refractivity contribution in [2.45, 2.75) is 26.9 Å². The van der Waals surface area contributed by atoms with E-state index in [1.165, 1.54) is 0 Å². The highest BCUT2D eigenvalue weighted by atomic mass is 16.5. The second-order valence-corrected chi connectivity index (χ2v) is 4.28. The van der Waals surface area contributed by atoms with Gasteiger partial charge in [0.15, 0.2) is 0 Å². The zero-order chi connectivity index (χ0) is 13.1. The Bertz CT molecular complexity index is 543.